The molecule has 0 aliphatic carbocycles. The highest BCUT2D eigenvalue weighted by atomic mass is 16.5. The second-order valence-electron chi connectivity index (χ2n) is 8.10. The van der Waals surface area contributed by atoms with E-state index in [1.165, 1.54) is 7.11 Å². The van der Waals surface area contributed by atoms with Crippen LogP contribution in [0.3, 0.4) is 0 Å². The molecule has 0 saturated heterocycles. The van der Waals surface area contributed by atoms with Crippen LogP contribution in [-0.4, -0.2) is 36.7 Å². The first kappa shape index (κ1) is 20.2. The number of aromatic hydroxyl groups is 1. The van der Waals surface area contributed by atoms with Crippen molar-refractivity contribution in [1.82, 2.24) is 4.90 Å². The summed E-state index contributed by atoms with van der Waals surface area (Å²) in [4.78, 5) is 15.3. The van der Waals surface area contributed by atoms with Crippen LogP contribution in [0.1, 0.15) is 38.7 Å². The van der Waals surface area contributed by atoms with E-state index in [-0.39, 0.29) is 23.4 Å². The zero-order valence-corrected chi connectivity index (χ0v) is 18.1. The number of phenols is 1. The van der Waals surface area contributed by atoms with Gasteiger partial charge in [0.1, 0.15) is 6.61 Å². The maximum Gasteiger partial charge on any atom is 0.258 e. The van der Waals surface area contributed by atoms with Gasteiger partial charge in [-0.05, 0) is 53.3 Å². The van der Waals surface area contributed by atoms with Crippen LogP contribution in [0.2, 0.25) is 0 Å². The van der Waals surface area contributed by atoms with E-state index < -0.39 is 0 Å². The van der Waals surface area contributed by atoms with Crippen molar-refractivity contribution in [3.8, 4) is 23.0 Å². The molecule has 32 heavy (non-hydrogen) atoms. The van der Waals surface area contributed by atoms with Crippen LogP contribution >= 0.6 is 0 Å². The minimum absolute atomic E-state index is 0.0169. The van der Waals surface area contributed by atoms with Crippen molar-refractivity contribution in [3.05, 3.63) is 82.4 Å². The van der Waals surface area contributed by atoms with Crippen molar-refractivity contribution in [1.29, 1.82) is 0 Å². The molecule has 1 N–H and O–H groups in total. The fourth-order valence-electron chi connectivity index (χ4n) is 4.76. The van der Waals surface area contributed by atoms with E-state index in [0.717, 1.165) is 28.7 Å². The predicted octanol–water partition coefficient (Wildman–Crippen LogP) is 4.28. The molecule has 0 radical (unpaired) electrons. The first-order valence-corrected chi connectivity index (χ1v) is 10.7. The molecule has 0 aromatic heterocycles. The molecule has 6 heteroatoms. The molecule has 3 aromatic carbocycles. The quantitative estimate of drug-likeness (QED) is 0.653. The number of amides is 1. The second-order valence-corrected chi connectivity index (χ2v) is 8.10. The molecule has 1 unspecified atom stereocenters. The monoisotopic (exact) mass is 431 g/mol. The number of ether oxygens (including phenoxy) is 3. The van der Waals surface area contributed by atoms with Gasteiger partial charge in [-0.2, -0.15) is 0 Å². The third kappa shape index (κ3) is 3.32. The molecule has 164 valence electrons. The van der Waals surface area contributed by atoms with E-state index in [2.05, 4.69) is 0 Å². The standard InChI is InChI=1S/C26H25NO5/c1-30-22-13-17-10-11-27-20(12-18-8-9-21(28)25(31-2)24(18)26(27)29)19(17)14-23(22)32-15-16-6-4-3-5-7-16/h3-9,13-14,20,28H,10-12,15H2,1-2H3. The van der Waals surface area contributed by atoms with Gasteiger partial charge in [-0.25, -0.2) is 0 Å². The van der Waals surface area contributed by atoms with Crippen LogP contribution in [0.15, 0.2) is 54.6 Å². The normalized spacial score (nSPS) is 16.6. The molecule has 1 amide bonds. The van der Waals surface area contributed by atoms with Crippen molar-refractivity contribution < 1.29 is 24.1 Å². The number of benzene rings is 3. The molecule has 2 heterocycles. The molecule has 6 nitrogen and oxygen atoms in total. The molecule has 0 bridgehead atoms. The highest BCUT2D eigenvalue weighted by Gasteiger charge is 2.39. The number of carbonyl (C=O) groups excluding carboxylic acids is 1. The van der Waals surface area contributed by atoms with Gasteiger partial charge in [0, 0.05) is 6.54 Å². The van der Waals surface area contributed by atoms with Gasteiger partial charge in [0.05, 0.1) is 25.8 Å². The SMILES string of the molecule is COc1cc2c(cc1OCc1ccccc1)C1Cc3ccc(O)c(OC)c3C(=O)N1CC2. The number of rotatable bonds is 5. The highest BCUT2D eigenvalue weighted by Crippen LogP contribution is 2.45. The van der Waals surface area contributed by atoms with Crippen molar-refractivity contribution in [2.75, 3.05) is 20.8 Å². The predicted molar refractivity (Wildman–Crippen MR) is 120 cm³/mol. The topological polar surface area (TPSA) is 68.2 Å². The second kappa shape index (κ2) is 8.11. The number of hydrogen-bond acceptors (Lipinski definition) is 5. The summed E-state index contributed by atoms with van der Waals surface area (Å²) in [7, 11) is 3.12. The third-order valence-corrected chi connectivity index (χ3v) is 6.34. The molecular weight excluding hydrogens is 406 g/mol. The summed E-state index contributed by atoms with van der Waals surface area (Å²) in [5.41, 5.74) is 4.65. The van der Waals surface area contributed by atoms with Crippen LogP contribution < -0.4 is 14.2 Å². The lowest BCUT2D eigenvalue weighted by Gasteiger charge is -2.41. The van der Waals surface area contributed by atoms with Crippen molar-refractivity contribution in [2.45, 2.75) is 25.5 Å². The molecule has 1 atom stereocenters. The third-order valence-electron chi connectivity index (χ3n) is 6.34. The Hall–Kier alpha value is -3.67. The summed E-state index contributed by atoms with van der Waals surface area (Å²) in [5.74, 6) is 1.48. The average Bonchev–Trinajstić information content (AvgIpc) is 2.83. The lowest BCUT2D eigenvalue weighted by Crippen LogP contribution is -2.44. The van der Waals surface area contributed by atoms with E-state index in [0.29, 0.717) is 36.6 Å². The Balaban J connectivity index is 1.52. The first-order chi connectivity index (χ1) is 15.6. The molecule has 2 aliphatic heterocycles. The molecule has 0 spiro atoms. The van der Waals surface area contributed by atoms with E-state index in [1.807, 2.05) is 53.4 Å². The number of phenolic OH excluding ortho intramolecular Hbond substituents is 1. The van der Waals surface area contributed by atoms with Gasteiger partial charge in [0.15, 0.2) is 23.0 Å². The number of nitrogens with zero attached hydrogens (tertiary/aromatic N) is 1. The summed E-state index contributed by atoms with van der Waals surface area (Å²) in [5, 5.41) is 10.2. The van der Waals surface area contributed by atoms with E-state index >= 15 is 0 Å². The fraction of sp³-hybridized carbons (Fsp3) is 0.269. The van der Waals surface area contributed by atoms with Crippen molar-refractivity contribution in [2.24, 2.45) is 0 Å². The molecular formula is C26H25NO5. The van der Waals surface area contributed by atoms with Gasteiger partial charge in [-0.1, -0.05) is 36.4 Å². The van der Waals surface area contributed by atoms with E-state index in [4.69, 9.17) is 14.2 Å². The molecule has 0 fully saturated rings. The van der Waals surface area contributed by atoms with Crippen LogP contribution in [0.5, 0.6) is 23.0 Å². The summed E-state index contributed by atoms with van der Waals surface area (Å²) < 4.78 is 17.1. The zero-order valence-electron chi connectivity index (χ0n) is 18.1. The van der Waals surface area contributed by atoms with E-state index in [1.54, 1.807) is 13.2 Å². The molecule has 3 aromatic rings. The Morgan fingerprint density at radius 3 is 2.56 bits per heavy atom. The largest absolute Gasteiger partial charge is 0.504 e. The first-order valence-electron chi connectivity index (χ1n) is 10.7. The summed E-state index contributed by atoms with van der Waals surface area (Å²) >= 11 is 0. The number of hydrogen-bond donors (Lipinski definition) is 1. The smallest absolute Gasteiger partial charge is 0.258 e. The zero-order chi connectivity index (χ0) is 22.2. The number of fused-ring (bicyclic) bond motifs is 4. The minimum Gasteiger partial charge on any atom is -0.504 e. The Morgan fingerprint density at radius 1 is 1.00 bits per heavy atom. The highest BCUT2D eigenvalue weighted by molar-refractivity contribution is 6.01. The van der Waals surface area contributed by atoms with Crippen LogP contribution in [0.4, 0.5) is 0 Å². The number of carbonyl (C=O) groups is 1. The Morgan fingerprint density at radius 2 is 1.81 bits per heavy atom. The van der Waals surface area contributed by atoms with Crippen molar-refractivity contribution >= 4 is 5.91 Å². The Bertz CT molecular complexity index is 1170. The van der Waals surface area contributed by atoms with Gasteiger partial charge in [-0.15, -0.1) is 0 Å². The molecule has 0 saturated carbocycles. The maximum absolute atomic E-state index is 13.4. The fourth-order valence-corrected chi connectivity index (χ4v) is 4.76. The maximum atomic E-state index is 13.4. The van der Waals surface area contributed by atoms with Gasteiger partial charge < -0.3 is 24.2 Å². The number of methoxy groups -OCH3 is 2. The summed E-state index contributed by atoms with van der Waals surface area (Å²) in [6.07, 6.45) is 1.37. The average molecular weight is 431 g/mol. The van der Waals surface area contributed by atoms with Gasteiger partial charge in [-0.3, -0.25) is 4.79 Å². The molecule has 5 rings (SSSR count). The Kier molecular flexibility index (Phi) is 5.13. The summed E-state index contributed by atoms with van der Waals surface area (Å²) in [6, 6.07) is 17.3. The summed E-state index contributed by atoms with van der Waals surface area (Å²) in [6.45, 7) is 1.03. The van der Waals surface area contributed by atoms with Crippen LogP contribution in [0, 0.1) is 0 Å². The Labute approximate surface area is 187 Å². The van der Waals surface area contributed by atoms with E-state index in [9.17, 15) is 9.90 Å². The minimum atomic E-state index is -0.114. The molecule has 2 aliphatic rings. The van der Waals surface area contributed by atoms with Crippen LogP contribution in [-0.2, 0) is 19.4 Å². The van der Waals surface area contributed by atoms with Gasteiger partial charge >= 0.3 is 0 Å². The van der Waals surface area contributed by atoms with Crippen molar-refractivity contribution in [3.63, 3.8) is 0 Å². The van der Waals surface area contributed by atoms with Gasteiger partial charge in [0.25, 0.3) is 5.91 Å². The van der Waals surface area contributed by atoms with Crippen LogP contribution in [0.25, 0.3) is 0 Å². The lowest BCUT2D eigenvalue weighted by atomic mass is 9.83. The lowest BCUT2D eigenvalue weighted by molar-refractivity contribution is 0.0626. The van der Waals surface area contributed by atoms with Gasteiger partial charge in [0.2, 0.25) is 0 Å².